The van der Waals surface area contributed by atoms with Gasteiger partial charge in [-0.1, -0.05) is 0 Å². The number of carboxylic acids is 1. The highest BCUT2D eigenvalue weighted by Gasteiger charge is 2.53. The molecular weight excluding hydrogens is 268 g/mol. The number of halogens is 4. The quantitative estimate of drug-likeness (QED) is 0.844. The molecule has 0 bridgehead atoms. The van der Waals surface area contributed by atoms with Crippen LogP contribution in [0.4, 0.5) is 17.6 Å². The monoisotopic (exact) mass is 276 g/mol. The Morgan fingerprint density at radius 1 is 1.26 bits per heavy atom. The summed E-state index contributed by atoms with van der Waals surface area (Å²) in [5, 5.41) is 9.07. The molecule has 0 atom stereocenters. The van der Waals surface area contributed by atoms with Crippen molar-refractivity contribution in [3.63, 3.8) is 0 Å². The van der Waals surface area contributed by atoms with Gasteiger partial charge in [-0.3, -0.25) is 9.59 Å². The minimum Gasteiger partial charge on any atom is -0.481 e. The van der Waals surface area contributed by atoms with Crippen molar-refractivity contribution in [1.82, 2.24) is 0 Å². The van der Waals surface area contributed by atoms with Gasteiger partial charge in [0, 0.05) is 18.4 Å². The van der Waals surface area contributed by atoms with E-state index in [1.54, 1.807) is 0 Å². The van der Waals surface area contributed by atoms with Crippen LogP contribution in [0.2, 0.25) is 0 Å². The normalized spacial score (nSPS) is 18.0. The zero-order valence-corrected chi connectivity index (χ0v) is 9.42. The lowest BCUT2D eigenvalue weighted by Crippen LogP contribution is -2.49. The molecule has 7 heteroatoms. The van der Waals surface area contributed by atoms with Gasteiger partial charge < -0.3 is 5.11 Å². The highest BCUT2D eigenvalue weighted by atomic mass is 19.4. The molecule has 0 spiro atoms. The van der Waals surface area contributed by atoms with E-state index in [9.17, 15) is 27.2 Å². The molecule has 1 aliphatic carbocycles. The predicted octanol–water partition coefficient (Wildman–Crippen LogP) is 2.53. The maximum absolute atomic E-state index is 13.6. The summed E-state index contributed by atoms with van der Waals surface area (Å²) in [5.74, 6) is -2.97. The lowest BCUT2D eigenvalue weighted by Gasteiger charge is -2.37. The molecule has 1 N–H and O–H groups in total. The van der Waals surface area contributed by atoms with Crippen molar-refractivity contribution in [3.8, 4) is 0 Å². The average Bonchev–Trinajstić information content (AvgIpc) is 2.23. The molecule has 0 aromatic heterocycles. The van der Waals surface area contributed by atoms with Gasteiger partial charge in [0.05, 0.1) is 5.56 Å². The maximum atomic E-state index is 13.6. The lowest BCUT2D eigenvalue weighted by atomic mass is 9.63. The Labute approximate surface area is 104 Å². The number of carbonyl (C=O) groups is 2. The Bertz CT molecular complexity index is 555. The molecule has 0 unspecified atom stereocenters. The first-order chi connectivity index (χ1) is 8.67. The van der Waals surface area contributed by atoms with Gasteiger partial charge in [-0.05, 0) is 18.2 Å². The second kappa shape index (κ2) is 4.04. The van der Waals surface area contributed by atoms with Gasteiger partial charge in [0.1, 0.15) is 17.0 Å². The number of benzene rings is 1. The van der Waals surface area contributed by atoms with E-state index in [4.69, 9.17) is 5.11 Å². The van der Waals surface area contributed by atoms with E-state index in [0.29, 0.717) is 18.2 Å². The van der Waals surface area contributed by atoms with Crippen LogP contribution in [0.3, 0.4) is 0 Å². The number of alkyl halides is 3. The van der Waals surface area contributed by atoms with Crippen molar-refractivity contribution in [2.24, 2.45) is 0 Å². The number of ketones is 1. The van der Waals surface area contributed by atoms with E-state index in [2.05, 4.69) is 0 Å². The van der Waals surface area contributed by atoms with Crippen LogP contribution in [0.1, 0.15) is 24.0 Å². The molecule has 3 nitrogen and oxygen atoms in total. The van der Waals surface area contributed by atoms with Gasteiger partial charge >= 0.3 is 12.1 Å². The van der Waals surface area contributed by atoms with E-state index in [1.165, 1.54) is 0 Å². The number of rotatable bonds is 2. The fourth-order valence-corrected chi connectivity index (χ4v) is 2.15. The van der Waals surface area contributed by atoms with E-state index in [1.807, 2.05) is 0 Å². The fourth-order valence-electron chi connectivity index (χ4n) is 2.15. The van der Waals surface area contributed by atoms with Crippen molar-refractivity contribution in [3.05, 3.63) is 35.1 Å². The number of carbonyl (C=O) groups excluding carboxylic acids is 1. The number of carboxylic acid groups (broad SMARTS) is 1. The Balaban J connectivity index is 2.55. The largest absolute Gasteiger partial charge is 0.481 e. The summed E-state index contributed by atoms with van der Waals surface area (Å²) in [4.78, 5) is 22.1. The third-order valence-electron chi connectivity index (χ3n) is 3.22. The summed E-state index contributed by atoms with van der Waals surface area (Å²) in [6, 6.07) is 1.58. The summed E-state index contributed by atoms with van der Waals surface area (Å²) in [7, 11) is 0. The minimum absolute atomic E-state index is 0.417. The standard InChI is InChI=1S/C12H8F4O3/c13-9-2-1-6(12(14,15)16)3-8(9)11(10(18)19)4-7(17)5-11/h1-3H,4-5H2,(H,18,19). The molecule has 0 saturated heterocycles. The van der Waals surface area contributed by atoms with Crippen molar-refractivity contribution in [2.45, 2.75) is 24.4 Å². The number of Topliss-reactive ketones (excluding diaryl/α,β-unsaturated/α-hetero) is 1. The molecule has 19 heavy (non-hydrogen) atoms. The predicted molar refractivity (Wildman–Crippen MR) is 55.0 cm³/mol. The highest BCUT2D eigenvalue weighted by molar-refractivity contribution is 6.01. The van der Waals surface area contributed by atoms with Crippen molar-refractivity contribution < 1.29 is 32.3 Å². The van der Waals surface area contributed by atoms with E-state index in [-0.39, 0.29) is 0 Å². The molecule has 1 aliphatic rings. The molecule has 1 fully saturated rings. The number of hydrogen-bond acceptors (Lipinski definition) is 2. The topological polar surface area (TPSA) is 54.4 Å². The van der Waals surface area contributed by atoms with Crippen LogP contribution >= 0.6 is 0 Å². The Kier molecular flexibility index (Phi) is 2.87. The third-order valence-corrected chi connectivity index (χ3v) is 3.22. The zero-order chi connectivity index (χ0) is 14.4. The first-order valence-electron chi connectivity index (χ1n) is 5.29. The molecule has 0 amide bonds. The van der Waals surface area contributed by atoms with E-state index < -0.39 is 53.1 Å². The first kappa shape index (κ1) is 13.5. The molecule has 0 radical (unpaired) electrons. The van der Waals surface area contributed by atoms with Gasteiger partial charge in [-0.25, -0.2) is 4.39 Å². The van der Waals surface area contributed by atoms with Crippen LogP contribution in [0, 0.1) is 5.82 Å². The molecule has 102 valence electrons. The van der Waals surface area contributed by atoms with Crippen LogP contribution in [0.25, 0.3) is 0 Å². The molecule has 1 saturated carbocycles. The van der Waals surface area contributed by atoms with Gasteiger partial charge in [0.15, 0.2) is 0 Å². The van der Waals surface area contributed by atoms with Gasteiger partial charge in [0.2, 0.25) is 0 Å². The molecular formula is C12H8F4O3. The smallest absolute Gasteiger partial charge is 0.416 e. The summed E-state index contributed by atoms with van der Waals surface area (Å²) in [5.41, 5.74) is -3.60. The van der Waals surface area contributed by atoms with Crippen LogP contribution < -0.4 is 0 Å². The zero-order valence-electron chi connectivity index (χ0n) is 9.42. The molecule has 0 heterocycles. The second-order valence-electron chi connectivity index (χ2n) is 4.47. The highest BCUT2D eigenvalue weighted by Crippen LogP contribution is 2.44. The SMILES string of the molecule is O=C1CC(C(=O)O)(c2cc(C(F)(F)F)ccc2F)C1. The van der Waals surface area contributed by atoms with Crippen molar-refractivity contribution >= 4 is 11.8 Å². The molecule has 2 rings (SSSR count). The van der Waals surface area contributed by atoms with Crippen LogP contribution in [-0.4, -0.2) is 16.9 Å². The summed E-state index contributed by atoms with van der Waals surface area (Å²) in [6.07, 6.45) is -5.67. The van der Waals surface area contributed by atoms with Crippen LogP contribution in [0.5, 0.6) is 0 Å². The fraction of sp³-hybridized carbons (Fsp3) is 0.333. The minimum atomic E-state index is -4.70. The lowest BCUT2D eigenvalue weighted by molar-refractivity contribution is -0.153. The maximum Gasteiger partial charge on any atom is 0.416 e. The van der Waals surface area contributed by atoms with Gasteiger partial charge in [0.25, 0.3) is 0 Å². The molecule has 0 aliphatic heterocycles. The van der Waals surface area contributed by atoms with Crippen LogP contribution in [-0.2, 0) is 21.2 Å². The summed E-state index contributed by atoms with van der Waals surface area (Å²) < 4.78 is 51.3. The average molecular weight is 276 g/mol. The molecule has 1 aromatic carbocycles. The van der Waals surface area contributed by atoms with E-state index in [0.717, 1.165) is 0 Å². The van der Waals surface area contributed by atoms with E-state index >= 15 is 0 Å². The molecule has 1 aromatic rings. The van der Waals surface area contributed by atoms with Crippen LogP contribution in [0.15, 0.2) is 18.2 Å². The first-order valence-corrected chi connectivity index (χ1v) is 5.29. The third kappa shape index (κ3) is 2.09. The Morgan fingerprint density at radius 2 is 1.84 bits per heavy atom. The number of aliphatic carboxylic acids is 1. The Hall–Kier alpha value is -1.92. The number of hydrogen-bond donors (Lipinski definition) is 1. The summed E-state index contributed by atoms with van der Waals surface area (Å²) >= 11 is 0. The van der Waals surface area contributed by atoms with Gasteiger partial charge in [-0.2, -0.15) is 13.2 Å². The van der Waals surface area contributed by atoms with Crippen molar-refractivity contribution in [1.29, 1.82) is 0 Å². The van der Waals surface area contributed by atoms with Gasteiger partial charge in [-0.15, -0.1) is 0 Å². The van der Waals surface area contributed by atoms with Crippen molar-refractivity contribution in [2.75, 3.05) is 0 Å². The second-order valence-corrected chi connectivity index (χ2v) is 4.47. The Morgan fingerprint density at radius 3 is 2.26 bits per heavy atom. The summed E-state index contributed by atoms with van der Waals surface area (Å²) in [6.45, 7) is 0.